The van der Waals surface area contributed by atoms with E-state index in [1.807, 2.05) is 15.7 Å². The molecule has 2 aromatic rings. The van der Waals surface area contributed by atoms with Gasteiger partial charge in [0.1, 0.15) is 0 Å². The van der Waals surface area contributed by atoms with Gasteiger partial charge in [0.15, 0.2) is 5.69 Å². The number of hydrogen-bond donors (Lipinski definition) is 0. The summed E-state index contributed by atoms with van der Waals surface area (Å²) in [6, 6.07) is 11.4. The molecule has 3 heterocycles. The highest BCUT2D eigenvalue weighted by Crippen LogP contribution is 2.31. The molecule has 3 aliphatic rings. The van der Waals surface area contributed by atoms with Gasteiger partial charge in [-0.2, -0.15) is 5.10 Å². The van der Waals surface area contributed by atoms with Gasteiger partial charge in [0.2, 0.25) is 0 Å². The summed E-state index contributed by atoms with van der Waals surface area (Å²) in [5.41, 5.74) is 4.62. The number of piperazine rings is 1. The van der Waals surface area contributed by atoms with Crippen LogP contribution in [0.5, 0.6) is 0 Å². The van der Waals surface area contributed by atoms with Crippen molar-refractivity contribution in [3.63, 3.8) is 0 Å². The number of hydrogen-bond acceptors (Lipinski definition) is 4. The average molecular weight is 462 g/mol. The number of carbonyl (C=O) groups excluding carboxylic acids is 1. The molecule has 0 spiro atoms. The number of rotatable bonds is 6. The Labute approximate surface area is 204 Å². The molecule has 2 aliphatic heterocycles. The second-order valence-electron chi connectivity index (χ2n) is 10.4. The van der Waals surface area contributed by atoms with E-state index in [1.165, 1.54) is 49.2 Å². The van der Waals surface area contributed by atoms with Gasteiger partial charge in [0.25, 0.3) is 5.91 Å². The van der Waals surface area contributed by atoms with Gasteiger partial charge < -0.3 is 14.7 Å². The SMILES string of the molecule is C=CCn1nc(C(=O)N2CCN(C)CC2)c2c1CCC(N1CCC(Cc3ccccc3)CC1)C2. The van der Waals surface area contributed by atoms with Crippen LogP contribution in [-0.4, -0.2) is 82.7 Å². The predicted octanol–water partition coefficient (Wildman–Crippen LogP) is 3.27. The van der Waals surface area contributed by atoms with Crippen LogP contribution in [0.2, 0.25) is 0 Å². The van der Waals surface area contributed by atoms with Crippen LogP contribution in [-0.2, 0) is 25.8 Å². The van der Waals surface area contributed by atoms with E-state index in [1.54, 1.807) is 0 Å². The maximum atomic E-state index is 13.5. The molecule has 0 saturated carbocycles. The normalized spacial score (nSPS) is 22.5. The summed E-state index contributed by atoms with van der Waals surface area (Å²) >= 11 is 0. The topological polar surface area (TPSA) is 44.6 Å². The Bertz CT molecular complexity index is 984. The van der Waals surface area contributed by atoms with Crippen LogP contribution < -0.4 is 0 Å². The number of aromatic nitrogens is 2. The summed E-state index contributed by atoms with van der Waals surface area (Å²) in [7, 11) is 2.12. The van der Waals surface area contributed by atoms with E-state index < -0.39 is 0 Å². The molecule has 1 aromatic heterocycles. The number of fused-ring (bicyclic) bond motifs is 1. The summed E-state index contributed by atoms with van der Waals surface area (Å²) in [4.78, 5) is 20.5. The number of piperidine rings is 1. The molecule has 182 valence electrons. The molecule has 34 heavy (non-hydrogen) atoms. The number of carbonyl (C=O) groups is 1. The van der Waals surface area contributed by atoms with Crippen molar-refractivity contribution in [3.05, 3.63) is 65.5 Å². The van der Waals surface area contributed by atoms with Gasteiger partial charge in [-0.3, -0.25) is 9.48 Å². The third kappa shape index (κ3) is 4.98. The molecule has 0 radical (unpaired) electrons. The summed E-state index contributed by atoms with van der Waals surface area (Å²) < 4.78 is 2.04. The van der Waals surface area contributed by atoms with Gasteiger partial charge in [0, 0.05) is 43.5 Å². The minimum Gasteiger partial charge on any atom is -0.335 e. The Balaban J connectivity index is 1.26. The molecule has 5 rings (SSSR count). The minimum atomic E-state index is 0.120. The Morgan fingerprint density at radius 1 is 1.06 bits per heavy atom. The molecule has 1 atom stereocenters. The van der Waals surface area contributed by atoms with E-state index in [0.717, 1.165) is 51.4 Å². The lowest BCUT2D eigenvalue weighted by molar-refractivity contribution is 0.0655. The van der Waals surface area contributed by atoms with Gasteiger partial charge in [-0.15, -0.1) is 6.58 Å². The lowest BCUT2D eigenvalue weighted by Crippen LogP contribution is -2.48. The Morgan fingerprint density at radius 3 is 2.50 bits per heavy atom. The van der Waals surface area contributed by atoms with Crippen molar-refractivity contribution in [3.8, 4) is 0 Å². The van der Waals surface area contributed by atoms with Crippen molar-refractivity contribution in [1.29, 1.82) is 0 Å². The highest BCUT2D eigenvalue weighted by Gasteiger charge is 2.34. The van der Waals surface area contributed by atoms with Crippen LogP contribution in [0.25, 0.3) is 0 Å². The maximum absolute atomic E-state index is 13.5. The van der Waals surface area contributed by atoms with E-state index in [0.29, 0.717) is 18.3 Å². The van der Waals surface area contributed by atoms with E-state index in [9.17, 15) is 4.79 Å². The standard InChI is InChI=1S/C28H39N5O/c1-3-13-33-26-10-9-24(31-14-11-23(12-15-31)20-22-7-5-4-6-8-22)21-25(26)27(29-33)28(34)32-18-16-30(2)17-19-32/h3-8,23-24H,1,9-21H2,2H3. The molecule has 1 unspecified atom stereocenters. The number of likely N-dealkylation sites (tertiary alicyclic amines) is 1. The molecule has 2 fully saturated rings. The van der Waals surface area contributed by atoms with E-state index in [4.69, 9.17) is 5.10 Å². The Kier molecular flexibility index (Phi) is 7.16. The third-order valence-electron chi connectivity index (χ3n) is 8.15. The minimum absolute atomic E-state index is 0.120. The lowest BCUT2D eigenvalue weighted by Gasteiger charge is -2.39. The zero-order valence-corrected chi connectivity index (χ0v) is 20.7. The fourth-order valence-corrected chi connectivity index (χ4v) is 6.06. The molecule has 1 aliphatic carbocycles. The van der Waals surface area contributed by atoms with Gasteiger partial charge in [-0.25, -0.2) is 0 Å². The summed E-state index contributed by atoms with van der Waals surface area (Å²) in [5, 5.41) is 4.84. The molecule has 1 aromatic carbocycles. The number of likely N-dealkylation sites (N-methyl/N-ethyl adjacent to an activating group) is 1. The summed E-state index contributed by atoms with van der Waals surface area (Å²) in [5.74, 6) is 0.900. The fraction of sp³-hybridized carbons (Fsp3) is 0.571. The first-order valence-corrected chi connectivity index (χ1v) is 13.1. The zero-order chi connectivity index (χ0) is 23.5. The zero-order valence-electron chi connectivity index (χ0n) is 20.7. The first-order valence-electron chi connectivity index (χ1n) is 13.1. The van der Waals surface area contributed by atoms with Crippen molar-refractivity contribution >= 4 is 5.91 Å². The van der Waals surface area contributed by atoms with Gasteiger partial charge in [-0.05, 0) is 70.1 Å². The van der Waals surface area contributed by atoms with Crippen molar-refractivity contribution in [2.75, 3.05) is 46.3 Å². The number of amides is 1. The summed E-state index contributed by atoms with van der Waals surface area (Å²) in [6.07, 6.45) is 8.72. The van der Waals surface area contributed by atoms with Gasteiger partial charge in [0.05, 0.1) is 6.54 Å². The molecular weight excluding hydrogens is 422 g/mol. The second-order valence-corrected chi connectivity index (χ2v) is 10.4. The molecular formula is C28H39N5O. The van der Waals surface area contributed by atoms with Crippen LogP contribution in [0.1, 0.15) is 46.6 Å². The molecule has 6 heteroatoms. The van der Waals surface area contributed by atoms with Gasteiger partial charge in [-0.1, -0.05) is 36.4 Å². The highest BCUT2D eigenvalue weighted by molar-refractivity contribution is 5.94. The average Bonchev–Trinajstić information content (AvgIpc) is 3.23. The highest BCUT2D eigenvalue weighted by atomic mass is 16.2. The van der Waals surface area contributed by atoms with E-state index >= 15 is 0 Å². The first-order chi connectivity index (χ1) is 16.6. The molecule has 6 nitrogen and oxygen atoms in total. The Morgan fingerprint density at radius 2 is 1.79 bits per heavy atom. The number of nitrogens with zero attached hydrogens (tertiary/aromatic N) is 5. The number of allylic oxidation sites excluding steroid dienone is 1. The van der Waals surface area contributed by atoms with E-state index in [-0.39, 0.29) is 5.91 Å². The van der Waals surface area contributed by atoms with Crippen LogP contribution in [0, 0.1) is 5.92 Å². The monoisotopic (exact) mass is 461 g/mol. The van der Waals surface area contributed by atoms with Crippen molar-refractivity contribution in [2.45, 2.75) is 51.1 Å². The smallest absolute Gasteiger partial charge is 0.274 e. The largest absolute Gasteiger partial charge is 0.335 e. The molecule has 0 N–H and O–H groups in total. The quantitative estimate of drug-likeness (QED) is 0.620. The van der Waals surface area contributed by atoms with Crippen LogP contribution in [0.4, 0.5) is 0 Å². The van der Waals surface area contributed by atoms with Crippen molar-refractivity contribution in [1.82, 2.24) is 24.5 Å². The maximum Gasteiger partial charge on any atom is 0.274 e. The van der Waals surface area contributed by atoms with Gasteiger partial charge >= 0.3 is 0 Å². The van der Waals surface area contributed by atoms with Crippen LogP contribution in [0.3, 0.4) is 0 Å². The Hall–Kier alpha value is -2.44. The van der Waals surface area contributed by atoms with Crippen molar-refractivity contribution in [2.24, 2.45) is 5.92 Å². The number of benzene rings is 1. The van der Waals surface area contributed by atoms with Crippen LogP contribution in [0.15, 0.2) is 43.0 Å². The fourth-order valence-electron chi connectivity index (χ4n) is 6.06. The van der Waals surface area contributed by atoms with Crippen LogP contribution >= 0.6 is 0 Å². The summed E-state index contributed by atoms with van der Waals surface area (Å²) in [6.45, 7) is 10.4. The predicted molar refractivity (Wildman–Crippen MR) is 136 cm³/mol. The van der Waals surface area contributed by atoms with E-state index in [2.05, 4.69) is 53.8 Å². The third-order valence-corrected chi connectivity index (χ3v) is 8.15. The molecule has 1 amide bonds. The molecule has 2 saturated heterocycles. The second kappa shape index (κ2) is 10.4. The lowest BCUT2D eigenvalue weighted by atomic mass is 9.86. The first kappa shape index (κ1) is 23.3. The van der Waals surface area contributed by atoms with Crippen molar-refractivity contribution < 1.29 is 4.79 Å². The molecule has 0 bridgehead atoms.